The second kappa shape index (κ2) is 12.0. The molecule has 1 fully saturated rings. The number of amides is 3. The van der Waals surface area contributed by atoms with Crippen LogP contribution in [0.25, 0.3) is 10.2 Å². The van der Waals surface area contributed by atoms with Crippen LogP contribution >= 0.6 is 11.3 Å². The number of thiophene rings is 1. The number of carbonyl (C=O) groups is 3. The van der Waals surface area contributed by atoms with Crippen molar-refractivity contribution < 1.29 is 18.8 Å². The number of hydrogen-bond donors (Lipinski definition) is 4. The number of furan rings is 1. The van der Waals surface area contributed by atoms with E-state index in [0.717, 1.165) is 37.4 Å². The van der Waals surface area contributed by atoms with Crippen molar-refractivity contribution in [3.8, 4) is 0 Å². The van der Waals surface area contributed by atoms with Crippen LogP contribution in [0.4, 0.5) is 17.2 Å². The van der Waals surface area contributed by atoms with Crippen LogP contribution in [0.1, 0.15) is 50.0 Å². The van der Waals surface area contributed by atoms with Crippen molar-refractivity contribution in [3.63, 3.8) is 0 Å². The van der Waals surface area contributed by atoms with Gasteiger partial charge in [0.1, 0.15) is 10.6 Å². The van der Waals surface area contributed by atoms with Gasteiger partial charge in [-0.3, -0.25) is 19.5 Å². The first-order valence-corrected chi connectivity index (χ1v) is 15.1. The number of anilines is 3. The molecule has 6 rings (SSSR count). The SMILES string of the molecule is CN1CCN(c2ccc(C(=O)Nc3[nH]nc4sc(C(=O)NC(C)(C)c5ccccc5)cc34)c(NC(=O)c3ccco3)c2)CC1. The van der Waals surface area contributed by atoms with Crippen LogP contribution in [0.2, 0.25) is 0 Å². The normalized spacial score (nSPS) is 14.0. The minimum atomic E-state index is -0.588. The molecule has 0 unspecified atom stereocenters. The number of H-pyrrole nitrogens is 1. The lowest BCUT2D eigenvalue weighted by Gasteiger charge is -2.34. The number of nitrogens with zero attached hydrogens (tertiary/aromatic N) is 3. The number of fused-ring (bicyclic) bond motifs is 1. The fourth-order valence-corrected chi connectivity index (χ4v) is 6.05. The molecule has 1 aliphatic heterocycles. The maximum Gasteiger partial charge on any atom is 0.291 e. The minimum Gasteiger partial charge on any atom is -0.459 e. The topological polar surface area (TPSA) is 136 Å². The predicted molar refractivity (Wildman–Crippen MR) is 172 cm³/mol. The van der Waals surface area contributed by atoms with Crippen molar-refractivity contribution in [3.05, 3.63) is 94.8 Å². The number of hydrogen-bond acceptors (Lipinski definition) is 8. The summed E-state index contributed by atoms with van der Waals surface area (Å²) in [5, 5.41) is 16.6. The quantitative estimate of drug-likeness (QED) is 0.191. The molecular formula is C32H33N7O4S. The number of aromatic amines is 1. The van der Waals surface area contributed by atoms with Crippen LogP contribution in [-0.4, -0.2) is 66.0 Å². The first-order chi connectivity index (χ1) is 21.2. The Hall–Kier alpha value is -4.94. The summed E-state index contributed by atoms with van der Waals surface area (Å²) < 4.78 is 5.26. The lowest BCUT2D eigenvalue weighted by molar-refractivity contribution is 0.0915. The highest BCUT2D eigenvalue weighted by molar-refractivity contribution is 7.20. The molecule has 3 aromatic heterocycles. The molecular weight excluding hydrogens is 578 g/mol. The standard InChI is InChI=1S/C32H33N7O4S/c1-32(2,20-8-5-4-6-9-20)35-30(42)26-19-23-27(36-37-31(23)44-26)34-28(40)22-12-11-21(39-15-13-38(3)14-16-39)18-24(22)33-29(41)25-10-7-17-43-25/h4-12,17-19H,13-16H2,1-3H3,(H,33,41)(H,35,42)(H2,34,36,37,40). The van der Waals surface area contributed by atoms with Crippen LogP contribution in [0.5, 0.6) is 0 Å². The van der Waals surface area contributed by atoms with Gasteiger partial charge in [-0.15, -0.1) is 11.3 Å². The Labute approximate surface area is 258 Å². The third-order valence-electron chi connectivity index (χ3n) is 7.74. The van der Waals surface area contributed by atoms with Gasteiger partial charge in [0, 0.05) is 31.9 Å². The summed E-state index contributed by atoms with van der Waals surface area (Å²) >= 11 is 1.23. The molecule has 0 aliphatic carbocycles. The molecule has 0 spiro atoms. The molecule has 0 radical (unpaired) electrons. The van der Waals surface area contributed by atoms with Gasteiger partial charge >= 0.3 is 0 Å². The maximum atomic E-state index is 13.6. The Balaban J connectivity index is 1.23. The van der Waals surface area contributed by atoms with Gasteiger partial charge in [0.25, 0.3) is 17.7 Å². The first kappa shape index (κ1) is 29.1. The van der Waals surface area contributed by atoms with E-state index >= 15 is 0 Å². The number of carbonyl (C=O) groups excluding carboxylic acids is 3. The predicted octanol–water partition coefficient (Wildman–Crippen LogP) is 5.14. The monoisotopic (exact) mass is 611 g/mol. The second-order valence-corrected chi connectivity index (χ2v) is 12.3. The van der Waals surface area contributed by atoms with Crippen LogP contribution in [0.15, 0.2) is 77.4 Å². The Kier molecular flexibility index (Phi) is 7.93. The summed E-state index contributed by atoms with van der Waals surface area (Å²) in [4.78, 5) is 45.3. The molecule has 2 aromatic carbocycles. The van der Waals surface area contributed by atoms with Crippen molar-refractivity contribution >= 4 is 56.5 Å². The van der Waals surface area contributed by atoms with E-state index in [0.29, 0.717) is 26.6 Å². The molecule has 226 valence electrons. The highest BCUT2D eigenvalue weighted by Crippen LogP contribution is 2.32. The molecule has 0 bridgehead atoms. The van der Waals surface area contributed by atoms with E-state index in [9.17, 15) is 14.4 Å². The summed E-state index contributed by atoms with van der Waals surface area (Å²) in [6.07, 6.45) is 1.42. The third kappa shape index (κ3) is 6.08. The summed E-state index contributed by atoms with van der Waals surface area (Å²) in [6.45, 7) is 7.38. The fourth-order valence-electron chi connectivity index (χ4n) is 5.16. The zero-order valence-corrected chi connectivity index (χ0v) is 25.5. The lowest BCUT2D eigenvalue weighted by Crippen LogP contribution is -2.44. The van der Waals surface area contributed by atoms with Gasteiger partial charge in [-0.25, -0.2) is 0 Å². The van der Waals surface area contributed by atoms with Crippen molar-refractivity contribution in [1.29, 1.82) is 0 Å². The van der Waals surface area contributed by atoms with E-state index in [2.05, 4.69) is 43.0 Å². The molecule has 0 saturated carbocycles. The van der Waals surface area contributed by atoms with Gasteiger partial charge < -0.3 is 30.2 Å². The molecule has 4 heterocycles. The highest BCUT2D eigenvalue weighted by Gasteiger charge is 2.26. The van der Waals surface area contributed by atoms with Gasteiger partial charge in [-0.05, 0) is 62.9 Å². The number of rotatable bonds is 8. The third-order valence-corrected chi connectivity index (χ3v) is 8.77. The average Bonchev–Trinajstić information content (AvgIpc) is 3.77. The number of benzene rings is 2. The van der Waals surface area contributed by atoms with E-state index in [1.165, 1.54) is 17.6 Å². The Morgan fingerprint density at radius 2 is 1.68 bits per heavy atom. The molecule has 44 heavy (non-hydrogen) atoms. The number of nitrogens with one attached hydrogen (secondary N) is 4. The van der Waals surface area contributed by atoms with Crippen LogP contribution in [0, 0.1) is 0 Å². The van der Waals surface area contributed by atoms with Crippen LogP contribution in [0.3, 0.4) is 0 Å². The molecule has 3 amide bonds. The summed E-state index contributed by atoms with van der Waals surface area (Å²) in [6, 6.07) is 20.0. The molecule has 12 heteroatoms. The average molecular weight is 612 g/mol. The van der Waals surface area contributed by atoms with Gasteiger partial charge in [-0.1, -0.05) is 30.3 Å². The second-order valence-electron chi connectivity index (χ2n) is 11.3. The molecule has 5 aromatic rings. The van der Waals surface area contributed by atoms with Gasteiger partial charge in [0.15, 0.2) is 5.76 Å². The van der Waals surface area contributed by atoms with Crippen molar-refractivity contribution in [2.45, 2.75) is 19.4 Å². The molecule has 1 aliphatic rings. The van der Waals surface area contributed by atoms with E-state index in [1.807, 2.05) is 56.3 Å². The van der Waals surface area contributed by atoms with E-state index in [-0.39, 0.29) is 17.2 Å². The van der Waals surface area contributed by atoms with E-state index < -0.39 is 17.4 Å². The highest BCUT2D eigenvalue weighted by atomic mass is 32.1. The largest absolute Gasteiger partial charge is 0.459 e. The fraction of sp³-hybridized carbons (Fsp3) is 0.250. The number of likely N-dealkylation sites (N-methyl/N-ethyl adjacent to an activating group) is 1. The smallest absolute Gasteiger partial charge is 0.291 e. The zero-order valence-electron chi connectivity index (χ0n) is 24.6. The summed E-state index contributed by atoms with van der Waals surface area (Å²) in [5.41, 5.74) is 1.92. The minimum absolute atomic E-state index is 0.135. The van der Waals surface area contributed by atoms with E-state index in [1.54, 1.807) is 24.3 Å². The van der Waals surface area contributed by atoms with Gasteiger partial charge in [-0.2, -0.15) is 5.10 Å². The maximum absolute atomic E-state index is 13.6. The van der Waals surface area contributed by atoms with Crippen molar-refractivity contribution in [1.82, 2.24) is 20.4 Å². The first-order valence-electron chi connectivity index (χ1n) is 14.3. The molecule has 0 atom stereocenters. The van der Waals surface area contributed by atoms with Crippen molar-refractivity contribution in [2.24, 2.45) is 0 Å². The molecule has 4 N–H and O–H groups in total. The Morgan fingerprint density at radius 3 is 2.41 bits per heavy atom. The Bertz CT molecular complexity index is 1800. The van der Waals surface area contributed by atoms with Crippen LogP contribution in [-0.2, 0) is 5.54 Å². The summed E-state index contributed by atoms with van der Waals surface area (Å²) in [7, 11) is 2.08. The molecule has 1 saturated heterocycles. The summed E-state index contributed by atoms with van der Waals surface area (Å²) in [5.74, 6) is -0.653. The Morgan fingerprint density at radius 1 is 0.909 bits per heavy atom. The van der Waals surface area contributed by atoms with Crippen LogP contribution < -0.4 is 20.9 Å². The number of piperazine rings is 1. The van der Waals surface area contributed by atoms with E-state index in [4.69, 9.17) is 4.42 Å². The van der Waals surface area contributed by atoms with Gasteiger partial charge in [0.2, 0.25) is 0 Å². The lowest BCUT2D eigenvalue weighted by atomic mass is 9.94. The zero-order chi connectivity index (χ0) is 30.8. The molecule has 11 nitrogen and oxygen atoms in total. The van der Waals surface area contributed by atoms with Crippen molar-refractivity contribution in [2.75, 3.05) is 48.8 Å². The number of aromatic nitrogens is 2. The van der Waals surface area contributed by atoms with Gasteiger partial charge in [0.05, 0.1) is 33.3 Å².